The van der Waals surface area contributed by atoms with Gasteiger partial charge in [-0.1, -0.05) is 20.3 Å². The molecule has 0 saturated carbocycles. The van der Waals surface area contributed by atoms with Gasteiger partial charge < -0.3 is 14.5 Å². The van der Waals surface area contributed by atoms with Crippen LogP contribution in [0.1, 0.15) is 54.5 Å². The Hall–Kier alpha value is -2.41. The molecule has 0 fully saturated rings. The van der Waals surface area contributed by atoms with E-state index in [-0.39, 0.29) is 24.2 Å². The molecule has 1 amide bonds. The highest BCUT2D eigenvalue weighted by molar-refractivity contribution is 7.18. The number of amides is 1. The predicted octanol–water partition coefficient (Wildman–Crippen LogP) is 4.48. The van der Waals surface area contributed by atoms with E-state index in [1.54, 1.807) is 11.3 Å². The second-order valence-corrected chi connectivity index (χ2v) is 7.38. The average Bonchev–Trinajstić information content (AvgIpc) is 3.24. The molecule has 0 bridgehead atoms. The molecule has 0 aliphatic rings. The molecule has 0 spiro atoms. The number of nitrogens with zero attached hydrogens (tertiary/aromatic N) is 2. The molecule has 0 radical (unpaired) electrons. The predicted molar refractivity (Wildman–Crippen MR) is 102 cm³/mol. The van der Waals surface area contributed by atoms with Gasteiger partial charge in [0, 0.05) is 12.1 Å². The molecule has 1 atom stereocenters. The van der Waals surface area contributed by atoms with Gasteiger partial charge in [0.2, 0.25) is 5.89 Å². The minimum absolute atomic E-state index is 0.161. The van der Waals surface area contributed by atoms with Crippen LogP contribution in [0.2, 0.25) is 0 Å². The van der Waals surface area contributed by atoms with Crippen molar-refractivity contribution in [2.45, 2.75) is 52.7 Å². The summed E-state index contributed by atoms with van der Waals surface area (Å²) >= 11 is 1.65. The van der Waals surface area contributed by atoms with Crippen molar-refractivity contribution in [3.63, 3.8) is 0 Å². The zero-order chi connectivity index (χ0) is 18.5. The minimum Gasteiger partial charge on any atom is -0.484 e. The average molecular weight is 373 g/mol. The molecule has 3 aromatic rings. The van der Waals surface area contributed by atoms with Crippen LogP contribution >= 0.6 is 11.3 Å². The fourth-order valence-corrected chi connectivity index (χ4v) is 3.53. The Morgan fingerprint density at radius 1 is 1.35 bits per heavy atom. The normalized spacial score (nSPS) is 12.3. The Labute approximate surface area is 156 Å². The summed E-state index contributed by atoms with van der Waals surface area (Å²) in [6.07, 6.45) is 4.25. The molecule has 138 valence electrons. The number of benzene rings is 1. The number of nitrogens with one attached hydrogen (secondary N) is 1. The first kappa shape index (κ1) is 18.4. The zero-order valence-electron chi connectivity index (χ0n) is 15.2. The van der Waals surface area contributed by atoms with Gasteiger partial charge >= 0.3 is 0 Å². The van der Waals surface area contributed by atoms with Gasteiger partial charge in [-0.05, 0) is 31.9 Å². The van der Waals surface area contributed by atoms with E-state index in [1.165, 1.54) is 6.26 Å². The molecule has 1 N–H and O–H groups in total. The molecule has 6 nitrogen and oxygen atoms in total. The standard InChI is InChI=1S/C19H23N3O3S/c1-4-6-13(5-2)21-19(23)16-10-25-18(22-16)11-24-14-7-8-17-15(9-14)20-12(3)26-17/h7-10,13H,4-6,11H2,1-3H3,(H,21,23). The third-order valence-electron chi connectivity index (χ3n) is 4.08. The lowest BCUT2D eigenvalue weighted by Gasteiger charge is -2.14. The number of aromatic nitrogens is 2. The van der Waals surface area contributed by atoms with E-state index in [0.717, 1.165) is 34.5 Å². The third kappa shape index (κ3) is 4.40. The monoisotopic (exact) mass is 373 g/mol. The first-order chi connectivity index (χ1) is 12.6. The van der Waals surface area contributed by atoms with Gasteiger partial charge in [-0.2, -0.15) is 0 Å². The van der Waals surface area contributed by atoms with Crippen molar-refractivity contribution >= 4 is 27.5 Å². The van der Waals surface area contributed by atoms with Gasteiger partial charge in [-0.25, -0.2) is 9.97 Å². The highest BCUT2D eigenvalue weighted by atomic mass is 32.1. The molecule has 0 aliphatic heterocycles. The Morgan fingerprint density at radius 2 is 2.19 bits per heavy atom. The number of oxazole rings is 1. The number of hydrogen-bond acceptors (Lipinski definition) is 6. The maximum Gasteiger partial charge on any atom is 0.273 e. The number of aryl methyl sites for hydroxylation is 1. The third-order valence-corrected chi connectivity index (χ3v) is 5.03. The molecule has 0 aliphatic carbocycles. The first-order valence-electron chi connectivity index (χ1n) is 8.84. The van der Waals surface area contributed by atoms with Crippen molar-refractivity contribution in [1.29, 1.82) is 0 Å². The van der Waals surface area contributed by atoms with Crippen LogP contribution < -0.4 is 10.1 Å². The quantitative estimate of drug-likeness (QED) is 0.630. The van der Waals surface area contributed by atoms with Crippen molar-refractivity contribution in [2.75, 3.05) is 0 Å². The molecule has 3 rings (SSSR count). The number of carbonyl (C=O) groups excluding carboxylic acids is 1. The lowest BCUT2D eigenvalue weighted by molar-refractivity contribution is 0.0928. The van der Waals surface area contributed by atoms with Crippen LogP contribution in [-0.4, -0.2) is 21.9 Å². The van der Waals surface area contributed by atoms with Gasteiger partial charge in [-0.3, -0.25) is 4.79 Å². The number of thiazole rings is 1. The zero-order valence-corrected chi connectivity index (χ0v) is 16.1. The van der Waals surface area contributed by atoms with E-state index in [4.69, 9.17) is 9.15 Å². The van der Waals surface area contributed by atoms with Gasteiger partial charge in [0.1, 0.15) is 12.0 Å². The highest BCUT2D eigenvalue weighted by Crippen LogP contribution is 2.25. The molecule has 2 aromatic heterocycles. The van der Waals surface area contributed by atoms with E-state index in [2.05, 4.69) is 29.1 Å². The van der Waals surface area contributed by atoms with Crippen LogP contribution in [0.15, 0.2) is 28.9 Å². The Morgan fingerprint density at radius 3 is 2.96 bits per heavy atom. The first-order valence-corrected chi connectivity index (χ1v) is 9.66. The van der Waals surface area contributed by atoms with E-state index in [9.17, 15) is 4.79 Å². The molecular weight excluding hydrogens is 350 g/mol. The van der Waals surface area contributed by atoms with E-state index in [0.29, 0.717) is 11.6 Å². The number of fused-ring (bicyclic) bond motifs is 1. The summed E-state index contributed by atoms with van der Waals surface area (Å²) in [6.45, 7) is 6.30. The van der Waals surface area contributed by atoms with Crippen molar-refractivity contribution in [3.05, 3.63) is 41.1 Å². The van der Waals surface area contributed by atoms with Crippen LogP contribution in [0.5, 0.6) is 5.75 Å². The molecular formula is C19H23N3O3S. The maximum atomic E-state index is 12.2. The highest BCUT2D eigenvalue weighted by Gasteiger charge is 2.16. The van der Waals surface area contributed by atoms with E-state index < -0.39 is 0 Å². The summed E-state index contributed by atoms with van der Waals surface area (Å²) in [5, 5.41) is 4.01. The van der Waals surface area contributed by atoms with Gasteiger partial charge in [0.25, 0.3) is 5.91 Å². The molecule has 1 unspecified atom stereocenters. The Balaban J connectivity index is 1.59. The van der Waals surface area contributed by atoms with Crippen molar-refractivity contribution < 1.29 is 13.9 Å². The summed E-state index contributed by atoms with van der Waals surface area (Å²) in [5.41, 5.74) is 1.20. The smallest absolute Gasteiger partial charge is 0.273 e. The SMILES string of the molecule is CCCC(CC)NC(=O)c1coc(COc2ccc3sc(C)nc3c2)n1. The summed E-state index contributed by atoms with van der Waals surface area (Å²) in [7, 11) is 0. The van der Waals surface area contributed by atoms with Crippen LogP contribution in [0, 0.1) is 6.92 Å². The Kier molecular flexibility index (Phi) is 5.88. The van der Waals surface area contributed by atoms with E-state index >= 15 is 0 Å². The fraction of sp³-hybridized carbons (Fsp3) is 0.421. The summed E-state index contributed by atoms with van der Waals surface area (Å²) < 4.78 is 12.2. The Bertz CT molecular complexity index is 887. The second kappa shape index (κ2) is 8.31. The largest absolute Gasteiger partial charge is 0.484 e. The van der Waals surface area contributed by atoms with Gasteiger partial charge in [0.15, 0.2) is 12.3 Å². The summed E-state index contributed by atoms with van der Waals surface area (Å²) in [4.78, 5) is 20.9. The lowest BCUT2D eigenvalue weighted by atomic mass is 10.1. The topological polar surface area (TPSA) is 77.2 Å². The molecule has 2 heterocycles. The van der Waals surface area contributed by atoms with Crippen LogP contribution in [0.3, 0.4) is 0 Å². The summed E-state index contributed by atoms with van der Waals surface area (Å²) in [6, 6.07) is 5.94. The van der Waals surface area contributed by atoms with Crippen LogP contribution in [0.4, 0.5) is 0 Å². The lowest BCUT2D eigenvalue weighted by Crippen LogP contribution is -2.34. The molecule has 26 heavy (non-hydrogen) atoms. The minimum atomic E-state index is -0.209. The number of rotatable bonds is 8. The van der Waals surface area contributed by atoms with Crippen molar-refractivity contribution in [1.82, 2.24) is 15.3 Å². The number of ether oxygens (including phenoxy) is 1. The number of hydrogen-bond donors (Lipinski definition) is 1. The number of carbonyl (C=O) groups is 1. The molecule has 7 heteroatoms. The molecule has 0 saturated heterocycles. The maximum absolute atomic E-state index is 12.2. The molecule has 1 aromatic carbocycles. The van der Waals surface area contributed by atoms with Crippen LogP contribution in [0.25, 0.3) is 10.2 Å². The van der Waals surface area contributed by atoms with Gasteiger partial charge in [0.05, 0.1) is 15.2 Å². The fourth-order valence-electron chi connectivity index (χ4n) is 2.72. The second-order valence-electron chi connectivity index (χ2n) is 6.14. The van der Waals surface area contributed by atoms with Crippen LogP contribution in [-0.2, 0) is 6.61 Å². The van der Waals surface area contributed by atoms with Gasteiger partial charge in [-0.15, -0.1) is 11.3 Å². The van der Waals surface area contributed by atoms with Crippen molar-refractivity contribution in [3.8, 4) is 5.75 Å². The van der Waals surface area contributed by atoms with Crippen molar-refractivity contribution in [2.24, 2.45) is 0 Å². The van der Waals surface area contributed by atoms with E-state index in [1.807, 2.05) is 25.1 Å². The summed E-state index contributed by atoms with van der Waals surface area (Å²) in [5.74, 6) is 0.855.